The lowest BCUT2D eigenvalue weighted by molar-refractivity contribution is -0.119. The summed E-state index contributed by atoms with van der Waals surface area (Å²) in [5, 5.41) is 5.77. The Morgan fingerprint density at radius 2 is 2.00 bits per heavy atom. The number of benzene rings is 1. The zero-order valence-corrected chi connectivity index (χ0v) is 14.7. The van der Waals surface area contributed by atoms with Crippen molar-refractivity contribution in [3.05, 3.63) is 23.8 Å². The summed E-state index contributed by atoms with van der Waals surface area (Å²) in [4.78, 5) is 26.6. The van der Waals surface area contributed by atoms with Gasteiger partial charge in [-0.15, -0.1) is 0 Å². The summed E-state index contributed by atoms with van der Waals surface area (Å²) in [6.07, 6.45) is 3.15. The van der Waals surface area contributed by atoms with Crippen LogP contribution in [0, 0.1) is 0 Å². The van der Waals surface area contributed by atoms with Crippen molar-refractivity contribution in [2.24, 2.45) is 0 Å². The smallest absolute Gasteiger partial charge is 0.253 e. The maximum atomic E-state index is 12.7. The van der Waals surface area contributed by atoms with Gasteiger partial charge in [0.15, 0.2) is 0 Å². The van der Waals surface area contributed by atoms with Crippen LogP contribution in [0.2, 0.25) is 0 Å². The molecule has 1 heterocycles. The van der Waals surface area contributed by atoms with E-state index in [1.54, 1.807) is 6.07 Å². The predicted molar refractivity (Wildman–Crippen MR) is 95.6 cm³/mol. The van der Waals surface area contributed by atoms with Gasteiger partial charge in [-0.05, 0) is 44.4 Å². The third-order valence-electron chi connectivity index (χ3n) is 4.24. The fraction of sp³-hybridized carbons (Fsp3) is 0.556. The number of hydrogen-bond acceptors (Lipinski definition) is 4. The average Bonchev–Trinajstić information content (AvgIpc) is 3.09. The van der Waals surface area contributed by atoms with E-state index in [-0.39, 0.29) is 24.5 Å². The lowest BCUT2D eigenvalue weighted by Crippen LogP contribution is -2.33. The van der Waals surface area contributed by atoms with E-state index in [2.05, 4.69) is 15.5 Å². The molecule has 0 bridgehead atoms. The topological polar surface area (TPSA) is 70.7 Å². The van der Waals surface area contributed by atoms with E-state index in [0.717, 1.165) is 38.0 Å². The molecule has 2 rings (SSSR count). The minimum absolute atomic E-state index is 0.0116. The normalized spacial score (nSPS) is 15.2. The maximum Gasteiger partial charge on any atom is 0.253 e. The van der Waals surface area contributed by atoms with Gasteiger partial charge < -0.3 is 20.3 Å². The number of methoxy groups -OCH3 is 1. The zero-order chi connectivity index (χ0) is 17.5. The van der Waals surface area contributed by atoms with Gasteiger partial charge in [-0.3, -0.25) is 9.59 Å². The van der Waals surface area contributed by atoms with Crippen LogP contribution in [0.4, 0.5) is 11.4 Å². The molecule has 2 amide bonds. The summed E-state index contributed by atoms with van der Waals surface area (Å²) >= 11 is 0. The van der Waals surface area contributed by atoms with Crippen LogP contribution in [0.5, 0.6) is 0 Å². The molecule has 0 saturated carbocycles. The van der Waals surface area contributed by atoms with Crippen LogP contribution >= 0.6 is 0 Å². The Hall–Kier alpha value is -2.08. The Kier molecular flexibility index (Phi) is 6.61. The third kappa shape index (κ3) is 4.71. The molecule has 2 N–H and O–H groups in total. The van der Waals surface area contributed by atoms with Crippen molar-refractivity contribution in [1.29, 1.82) is 0 Å². The minimum atomic E-state index is -0.236. The van der Waals surface area contributed by atoms with Gasteiger partial charge in [0.05, 0.1) is 5.56 Å². The molecule has 24 heavy (non-hydrogen) atoms. The molecular weight excluding hydrogens is 306 g/mol. The molecule has 1 aliphatic rings. The van der Waals surface area contributed by atoms with Crippen LogP contribution in [-0.4, -0.2) is 44.7 Å². The summed E-state index contributed by atoms with van der Waals surface area (Å²) in [5.41, 5.74) is 2.14. The monoisotopic (exact) mass is 333 g/mol. The van der Waals surface area contributed by atoms with E-state index in [1.807, 2.05) is 26.0 Å². The standard InChI is InChI=1S/C18H27N3O3/c1-4-13(2)19-18(23)15-11-14(20-17(22)12-24-3)7-8-16(15)21-9-5-6-10-21/h7-8,11,13H,4-6,9-10,12H2,1-3H3,(H,19,23)(H,20,22). The highest BCUT2D eigenvalue weighted by atomic mass is 16.5. The van der Waals surface area contributed by atoms with Crippen molar-refractivity contribution in [1.82, 2.24) is 5.32 Å². The zero-order valence-electron chi connectivity index (χ0n) is 14.7. The molecule has 0 radical (unpaired) electrons. The molecule has 1 fully saturated rings. The minimum Gasteiger partial charge on any atom is -0.375 e. The first-order chi connectivity index (χ1) is 11.5. The van der Waals surface area contributed by atoms with Crippen molar-refractivity contribution in [2.45, 2.75) is 39.2 Å². The number of carbonyl (C=O) groups is 2. The first kappa shape index (κ1) is 18.3. The highest BCUT2D eigenvalue weighted by molar-refractivity contribution is 6.02. The number of rotatable bonds is 7. The molecule has 1 aromatic rings. The average molecular weight is 333 g/mol. The molecule has 132 valence electrons. The number of ether oxygens (including phenoxy) is 1. The van der Waals surface area contributed by atoms with E-state index in [4.69, 9.17) is 4.74 Å². The molecule has 0 aromatic heterocycles. The predicted octanol–water partition coefficient (Wildman–Crippen LogP) is 2.40. The lowest BCUT2D eigenvalue weighted by Gasteiger charge is -2.23. The quantitative estimate of drug-likeness (QED) is 0.804. The van der Waals surface area contributed by atoms with Gasteiger partial charge >= 0.3 is 0 Å². The number of hydrogen-bond donors (Lipinski definition) is 2. The van der Waals surface area contributed by atoms with E-state index in [0.29, 0.717) is 11.3 Å². The van der Waals surface area contributed by atoms with Gasteiger partial charge in [0.25, 0.3) is 5.91 Å². The van der Waals surface area contributed by atoms with Gasteiger partial charge in [-0.2, -0.15) is 0 Å². The van der Waals surface area contributed by atoms with Gasteiger partial charge in [0, 0.05) is 37.6 Å². The van der Waals surface area contributed by atoms with Crippen molar-refractivity contribution in [3.8, 4) is 0 Å². The highest BCUT2D eigenvalue weighted by Crippen LogP contribution is 2.27. The van der Waals surface area contributed by atoms with Gasteiger partial charge in [-0.25, -0.2) is 0 Å². The summed E-state index contributed by atoms with van der Waals surface area (Å²) in [7, 11) is 1.47. The van der Waals surface area contributed by atoms with Crippen molar-refractivity contribution in [3.63, 3.8) is 0 Å². The molecule has 1 atom stereocenters. The fourth-order valence-electron chi connectivity index (χ4n) is 2.76. The van der Waals surface area contributed by atoms with Crippen LogP contribution in [0.15, 0.2) is 18.2 Å². The lowest BCUT2D eigenvalue weighted by atomic mass is 10.1. The number of anilines is 2. The van der Waals surface area contributed by atoms with Gasteiger partial charge in [0.1, 0.15) is 6.61 Å². The van der Waals surface area contributed by atoms with Gasteiger partial charge in [-0.1, -0.05) is 6.92 Å². The fourth-order valence-corrected chi connectivity index (χ4v) is 2.76. The van der Waals surface area contributed by atoms with E-state index in [9.17, 15) is 9.59 Å². The number of nitrogens with one attached hydrogen (secondary N) is 2. The number of carbonyl (C=O) groups excluding carboxylic acids is 2. The van der Waals surface area contributed by atoms with E-state index >= 15 is 0 Å². The SMILES string of the molecule is CCC(C)NC(=O)c1cc(NC(=O)COC)ccc1N1CCCC1. The summed E-state index contributed by atoms with van der Waals surface area (Å²) in [6, 6.07) is 5.61. The van der Waals surface area contributed by atoms with Crippen LogP contribution in [-0.2, 0) is 9.53 Å². The second-order valence-electron chi connectivity index (χ2n) is 6.19. The van der Waals surface area contributed by atoms with E-state index < -0.39 is 0 Å². The Bertz CT molecular complexity index is 583. The molecular formula is C18H27N3O3. The Balaban J connectivity index is 2.26. The Labute approximate surface area is 143 Å². The summed E-state index contributed by atoms with van der Waals surface area (Å²) in [6.45, 7) is 5.92. The van der Waals surface area contributed by atoms with Crippen molar-refractivity contribution >= 4 is 23.2 Å². The van der Waals surface area contributed by atoms with Crippen LogP contribution < -0.4 is 15.5 Å². The van der Waals surface area contributed by atoms with Crippen LogP contribution in [0.1, 0.15) is 43.5 Å². The Morgan fingerprint density at radius 3 is 2.62 bits per heavy atom. The molecule has 1 saturated heterocycles. The number of amides is 2. The van der Waals surface area contributed by atoms with Crippen LogP contribution in [0.3, 0.4) is 0 Å². The first-order valence-electron chi connectivity index (χ1n) is 8.53. The van der Waals surface area contributed by atoms with E-state index in [1.165, 1.54) is 7.11 Å². The summed E-state index contributed by atoms with van der Waals surface area (Å²) < 4.78 is 4.83. The highest BCUT2D eigenvalue weighted by Gasteiger charge is 2.21. The largest absolute Gasteiger partial charge is 0.375 e. The molecule has 0 aliphatic carbocycles. The maximum absolute atomic E-state index is 12.7. The van der Waals surface area contributed by atoms with Crippen molar-refractivity contribution < 1.29 is 14.3 Å². The molecule has 0 spiro atoms. The molecule has 1 aromatic carbocycles. The molecule has 1 unspecified atom stereocenters. The molecule has 6 nitrogen and oxygen atoms in total. The molecule has 1 aliphatic heterocycles. The Morgan fingerprint density at radius 1 is 1.29 bits per heavy atom. The second-order valence-corrected chi connectivity index (χ2v) is 6.19. The first-order valence-corrected chi connectivity index (χ1v) is 8.53. The second kappa shape index (κ2) is 8.68. The molecule has 6 heteroatoms. The third-order valence-corrected chi connectivity index (χ3v) is 4.24. The van der Waals surface area contributed by atoms with Crippen LogP contribution in [0.25, 0.3) is 0 Å². The number of nitrogens with zero attached hydrogens (tertiary/aromatic N) is 1. The van der Waals surface area contributed by atoms with Gasteiger partial charge in [0.2, 0.25) is 5.91 Å². The summed E-state index contributed by atoms with van der Waals surface area (Å²) in [5.74, 6) is -0.339. The van der Waals surface area contributed by atoms with Crippen molar-refractivity contribution in [2.75, 3.05) is 37.0 Å².